The van der Waals surface area contributed by atoms with Gasteiger partial charge in [-0.2, -0.15) is 0 Å². The Hall–Kier alpha value is -2.49. The number of para-hydroxylation sites is 1. The van der Waals surface area contributed by atoms with E-state index in [-0.39, 0.29) is 12.0 Å². The van der Waals surface area contributed by atoms with Crippen molar-refractivity contribution in [2.45, 2.75) is 45.9 Å². The minimum Gasteiger partial charge on any atom is -0.491 e. The monoisotopic (exact) mass is 327 g/mol. The van der Waals surface area contributed by atoms with Crippen molar-refractivity contribution in [3.63, 3.8) is 0 Å². The maximum atomic E-state index is 12.3. The van der Waals surface area contributed by atoms with Crippen molar-refractivity contribution in [2.24, 2.45) is 0 Å². The Morgan fingerprint density at radius 1 is 0.958 bits per heavy atom. The number of amides is 1. The first kappa shape index (κ1) is 17.9. The Morgan fingerprint density at radius 2 is 1.58 bits per heavy atom. The molecular weight excluding hydrogens is 302 g/mol. The number of rotatable bonds is 8. The van der Waals surface area contributed by atoms with E-state index in [1.165, 1.54) is 0 Å². The Labute approximate surface area is 143 Å². The van der Waals surface area contributed by atoms with Crippen LogP contribution in [0.15, 0.2) is 54.6 Å². The largest absolute Gasteiger partial charge is 0.491 e. The fraction of sp³-hybridized carbons (Fsp3) is 0.350. The summed E-state index contributed by atoms with van der Waals surface area (Å²) in [5.41, 5.74) is 1.02. The second-order valence-electron chi connectivity index (χ2n) is 5.86. The molecule has 0 heterocycles. The molecule has 2 aromatic carbocycles. The van der Waals surface area contributed by atoms with Crippen LogP contribution in [0, 0.1) is 0 Å². The van der Waals surface area contributed by atoms with Crippen molar-refractivity contribution in [1.82, 2.24) is 5.32 Å². The molecule has 0 aliphatic carbocycles. The van der Waals surface area contributed by atoms with Crippen LogP contribution in [0.25, 0.3) is 0 Å². The molecule has 0 fully saturated rings. The van der Waals surface area contributed by atoms with Crippen molar-refractivity contribution in [2.75, 3.05) is 0 Å². The molecule has 2 rings (SSSR count). The van der Waals surface area contributed by atoms with Gasteiger partial charge in [0.1, 0.15) is 11.5 Å². The van der Waals surface area contributed by atoms with Crippen LogP contribution in [0.2, 0.25) is 0 Å². The van der Waals surface area contributed by atoms with Gasteiger partial charge in [-0.05, 0) is 50.1 Å². The van der Waals surface area contributed by atoms with E-state index in [4.69, 9.17) is 9.47 Å². The third kappa shape index (κ3) is 5.61. The molecule has 4 nitrogen and oxygen atoms in total. The average Bonchev–Trinajstić information content (AvgIpc) is 2.59. The van der Waals surface area contributed by atoms with E-state index < -0.39 is 6.10 Å². The summed E-state index contributed by atoms with van der Waals surface area (Å²) < 4.78 is 11.4. The highest BCUT2D eigenvalue weighted by atomic mass is 16.5. The molecule has 0 bridgehead atoms. The van der Waals surface area contributed by atoms with Gasteiger partial charge in [-0.15, -0.1) is 0 Å². The summed E-state index contributed by atoms with van der Waals surface area (Å²) in [4.78, 5) is 12.3. The molecule has 0 saturated carbocycles. The van der Waals surface area contributed by atoms with Crippen molar-refractivity contribution in [3.8, 4) is 11.5 Å². The number of nitrogens with one attached hydrogen (secondary N) is 1. The van der Waals surface area contributed by atoms with E-state index in [9.17, 15) is 4.79 Å². The molecule has 1 atom stereocenters. The molecule has 0 spiro atoms. The van der Waals surface area contributed by atoms with Gasteiger partial charge in [0.05, 0.1) is 6.10 Å². The highest BCUT2D eigenvalue weighted by molar-refractivity contribution is 5.81. The van der Waals surface area contributed by atoms with Crippen molar-refractivity contribution in [3.05, 3.63) is 60.2 Å². The summed E-state index contributed by atoms with van der Waals surface area (Å²) in [6, 6.07) is 17.1. The van der Waals surface area contributed by atoms with Gasteiger partial charge in [-0.3, -0.25) is 4.79 Å². The summed E-state index contributed by atoms with van der Waals surface area (Å²) in [5, 5.41) is 2.93. The van der Waals surface area contributed by atoms with E-state index in [0.717, 1.165) is 11.3 Å². The lowest BCUT2D eigenvalue weighted by Crippen LogP contribution is -2.37. The van der Waals surface area contributed by atoms with E-state index in [1.807, 2.05) is 75.4 Å². The lowest BCUT2D eigenvalue weighted by molar-refractivity contribution is -0.128. The van der Waals surface area contributed by atoms with Crippen LogP contribution in [0.4, 0.5) is 0 Å². The van der Waals surface area contributed by atoms with Crippen LogP contribution in [0.1, 0.15) is 32.8 Å². The number of hydrogen-bond acceptors (Lipinski definition) is 3. The first-order valence-electron chi connectivity index (χ1n) is 8.33. The van der Waals surface area contributed by atoms with Crippen LogP contribution in [-0.4, -0.2) is 18.1 Å². The maximum Gasteiger partial charge on any atom is 0.261 e. The summed E-state index contributed by atoms with van der Waals surface area (Å²) >= 11 is 0. The lowest BCUT2D eigenvalue weighted by atomic mass is 10.2. The standard InChI is InChI=1S/C20H25NO3/c1-4-19(24-17-8-6-5-7-9-17)20(22)21-14-16-10-12-18(13-11-16)23-15(2)3/h5-13,15,19H,4,14H2,1-3H3,(H,21,22). The van der Waals surface area contributed by atoms with Crippen LogP contribution in [0.5, 0.6) is 11.5 Å². The molecule has 2 aromatic rings. The molecule has 0 saturated heterocycles. The second kappa shape index (κ2) is 8.96. The smallest absolute Gasteiger partial charge is 0.261 e. The zero-order chi connectivity index (χ0) is 17.4. The van der Waals surface area contributed by atoms with Gasteiger partial charge < -0.3 is 14.8 Å². The first-order chi connectivity index (χ1) is 11.6. The van der Waals surface area contributed by atoms with Crippen LogP contribution < -0.4 is 14.8 Å². The number of benzene rings is 2. The maximum absolute atomic E-state index is 12.3. The van der Waals surface area contributed by atoms with Crippen LogP contribution in [0.3, 0.4) is 0 Å². The fourth-order valence-electron chi connectivity index (χ4n) is 2.25. The van der Waals surface area contributed by atoms with E-state index in [1.54, 1.807) is 0 Å². The van der Waals surface area contributed by atoms with Gasteiger partial charge in [-0.1, -0.05) is 37.3 Å². The normalized spacial score (nSPS) is 11.8. The summed E-state index contributed by atoms with van der Waals surface area (Å²) in [6.07, 6.45) is 0.272. The molecule has 1 N–H and O–H groups in total. The fourth-order valence-corrected chi connectivity index (χ4v) is 2.25. The van der Waals surface area contributed by atoms with Crippen molar-refractivity contribution in [1.29, 1.82) is 0 Å². The molecule has 24 heavy (non-hydrogen) atoms. The Balaban J connectivity index is 1.86. The molecule has 0 aromatic heterocycles. The van der Waals surface area contributed by atoms with E-state index in [0.29, 0.717) is 18.7 Å². The molecule has 128 valence electrons. The summed E-state index contributed by atoms with van der Waals surface area (Å²) in [6.45, 7) is 6.39. The molecule has 1 unspecified atom stereocenters. The molecule has 1 amide bonds. The van der Waals surface area contributed by atoms with Gasteiger partial charge in [0, 0.05) is 6.54 Å². The number of carbonyl (C=O) groups excluding carboxylic acids is 1. The molecule has 0 aliphatic heterocycles. The zero-order valence-corrected chi connectivity index (χ0v) is 14.5. The summed E-state index contributed by atoms with van der Waals surface area (Å²) in [5.74, 6) is 1.43. The predicted octanol–water partition coefficient (Wildman–Crippen LogP) is 3.95. The second-order valence-corrected chi connectivity index (χ2v) is 5.86. The highest BCUT2D eigenvalue weighted by Gasteiger charge is 2.17. The van der Waals surface area contributed by atoms with Gasteiger partial charge >= 0.3 is 0 Å². The molecule has 0 aliphatic rings. The first-order valence-corrected chi connectivity index (χ1v) is 8.33. The number of hydrogen-bond donors (Lipinski definition) is 1. The topological polar surface area (TPSA) is 47.6 Å². The van der Waals surface area contributed by atoms with Gasteiger partial charge in [0.15, 0.2) is 6.10 Å². The van der Waals surface area contributed by atoms with E-state index in [2.05, 4.69) is 5.32 Å². The zero-order valence-electron chi connectivity index (χ0n) is 14.5. The number of ether oxygens (including phenoxy) is 2. The Bertz CT molecular complexity index is 623. The van der Waals surface area contributed by atoms with E-state index >= 15 is 0 Å². The SMILES string of the molecule is CCC(Oc1ccccc1)C(=O)NCc1ccc(OC(C)C)cc1. The molecule has 4 heteroatoms. The van der Waals surface area contributed by atoms with Crippen molar-refractivity contribution >= 4 is 5.91 Å². The lowest BCUT2D eigenvalue weighted by Gasteiger charge is -2.17. The molecular formula is C20H25NO3. The predicted molar refractivity (Wildman–Crippen MR) is 95.2 cm³/mol. The quantitative estimate of drug-likeness (QED) is 0.798. The minimum atomic E-state index is -0.490. The van der Waals surface area contributed by atoms with Gasteiger partial charge in [0.25, 0.3) is 5.91 Å². The minimum absolute atomic E-state index is 0.108. The van der Waals surface area contributed by atoms with Gasteiger partial charge in [-0.25, -0.2) is 0 Å². The van der Waals surface area contributed by atoms with Crippen LogP contribution >= 0.6 is 0 Å². The third-order valence-corrected chi connectivity index (χ3v) is 3.45. The Kier molecular flexibility index (Phi) is 6.67. The highest BCUT2D eigenvalue weighted by Crippen LogP contribution is 2.15. The Morgan fingerprint density at radius 3 is 2.17 bits per heavy atom. The van der Waals surface area contributed by atoms with Crippen molar-refractivity contribution < 1.29 is 14.3 Å². The number of carbonyl (C=O) groups is 1. The van der Waals surface area contributed by atoms with Gasteiger partial charge in [0.2, 0.25) is 0 Å². The molecule has 0 radical (unpaired) electrons. The van der Waals surface area contributed by atoms with Crippen LogP contribution in [-0.2, 0) is 11.3 Å². The summed E-state index contributed by atoms with van der Waals surface area (Å²) in [7, 11) is 0. The third-order valence-electron chi connectivity index (χ3n) is 3.45. The average molecular weight is 327 g/mol.